The first kappa shape index (κ1) is 15.0. The van der Waals surface area contributed by atoms with Gasteiger partial charge in [-0.25, -0.2) is 4.79 Å². The van der Waals surface area contributed by atoms with Gasteiger partial charge in [-0.2, -0.15) is 0 Å². The van der Waals surface area contributed by atoms with Gasteiger partial charge in [0.1, 0.15) is 0 Å². The molecule has 0 saturated carbocycles. The molecule has 0 radical (unpaired) electrons. The Balaban J connectivity index is 2.56. The van der Waals surface area contributed by atoms with Gasteiger partial charge in [-0.1, -0.05) is 24.3 Å². The van der Waals surface area contributed by atoms with Gasteiger partial charge in [0.05, 0.1) is 0 Å². The summed E-state index contributed by atoms with van der Waals surface area (Å²) in [5.41, 5.74) is 2.02. The van der Waals surface area contributed by atoms with E-state index in [1.807, 2.05) is 38.1 Å². The zero-order chi connectivity index (χ0) is 14.3. The lowest BCUT2D eigenvalue weighted by Gasteiger charge is -2.10. The molecule has 1 aromatic carbocycles. The molecule has 1 amide bonds. The van der Waals surface area contributed by atoms with Crippen molar-refractivity contribution in [2.45, 2.75) is 26.9 Å². The maximum absolute atomic E-state index is 11.6. The van der Waals surface area contributed by atoms with E-state index in [2.05, 4.69) is 5.32 Å². The topological polar surface area (TPSA) is 55.4 Å². The van der Waals surface area contributed by atoms with Crippen molar-refractivity contribution in [2.75, 3.05) is 6.54 Å². The highest BCUT2D eigenvalue weighted by Crippen LogP contribution is 2.09. The summed E-state index contributed by atoms with van der Waals surface area (Å²) >= 11 is 0. The predicted molar refractivity (Wildman–Crippen MR) is 74.5 cm³/mol. The first-order valence-corrected chi connectivity index (χ1v) is 6.26. The molecule has 1 N–H and O–H groups in total. The summed E-state index contributed by atoms with van der Waals surface area (Å²) in [6, 6.07) is 7.70. The van der Waals surface area contributed by atoms with Crippen molar-refractivity contribution in [3.8, 4) is 0 Å². The molecule has 1 aromatic rings. The van der Waals surface area contributed by atoms with E-state index in [4.69, 9.17) is 4.74 Å². The second-order valence-corrected chi connectivity index (χ2v) is 4.16. The number of carbonyl (C=O) groups excluding carboxylic acids is 2. The number of rotatable bonds is 5. The highest BCUT2D eigenvalue weighted by atomic mass is 16.5. The molecule has 0 bridgehead atoms. The molecule has 4 nitrogen and oxygen atoms in total. The number of esters is 1. The van der Waals surface area contributed by atoms with E-state index in [9.17, 15) is 9.59 Å². The number of hydrogen-bond acceptors (Lipinski definition) is 3. The molecular formula is C15H19NO3. The van der Waals surface area contributed by atoms with Crippen molar-refractivity contribution < 1.29 is 14.3 Å². The Bertz CT molecular complexity index is 480. The normalized spacial score (nSPS) is 12.2. The molecule has 102 valence electrons. The Labute approximate surface area is 113 Å². The number of hydrogen-bond donors (Lipinski definition) is 1. The van der Waals surface area contributed by atoms with Crippen LogP contribution in [0.2, 0.25) is 0 Å². The summed E-state index contributed by atoms with van der Waals surface area (Å²) in [5.74, 6) is -0.817. The van der Waals surface area contributed by atoms with Crippen LogP contribution in [0.25, 0.3) is 6.08 Å². The van der Waals surface area contributed by atoms with E-state index in [0.717, 1.165) is 11.1 Å². The van der Waals surface area contributed by atoms with Gasteiger partial charge in [0.2, 0.25) is 0 Å². The smallest absolute Gasteiger partial charge is 0.331 e. The molecule has 0 aliphatic heterocycles. The van der Waals surface area contributed by atoms with Crippen LogP contribution in [0.1, 0.15) is 25.0 Å². The summed E-state index contributed by atoms with van der Waals surface area (Å²) in [6.07, 6.45) is 2.23. The SMILES string of the molecule is CCNC(=O)[C@H](C)OC(=O)/C=C/c1ccccc1C. The molecule has 4 heteroatoms. The van der Waals surface area contributed by atoms with Crippen LogP contribution in [-0.2, 0) is 14.3 Å². The number of ether oxygens (including phenoxy) is 1. The van der Waals surface area contributed by atoms with Crippen LogP contribution in [0.15, 0.2) is 30.3 Å². The average molecular weight is 261 g/mol. The largest absolute Gasteiger partial charge is 0.449 e. The number of likely N-dealkylation sites (N-methyl/N-ethyl adjacent to an activating group) is 1. The van der Waals surface area contributed by atoms with Crippen LogP contribution >= 0.6 is 0 Å². The number of nitrogens with one attached hydrogen (secondary N) is 1. The van der Waals surface area contributed by atoms with Crippen molar-refractivity contribution >= 4 is 18.0 Å². The Morgan fingerprint density at radius 3 is 2.68 bits per heavy atom. The zero-order valence-electron chi connectivity index (χ0n) is 11.5. The quantitative estimate of drug-likeness (QED) is 0.652. The van der Waals surface area contributed by atoms with Crippen LogP contribution in [0.4, 0.5) is 0 Å². The summed E-state index contributed by atoms with van der Waals surface area (Å²) in [5, 5.41) is 2.59. The number of aryl methyl sites for hydroxylation is 1. The minimum absolute atomic E-state index is 0.292. The van der Waals surface area contributed by atoms with Crippen molar-refractivity contribution in [1.82, 2.24) is 5.32 Å². The van der Waals surface area contributed by atoms with Gasteiger partial charge in [-0.05, 0) is 38.0 Å². The average Bonchev–Trinajstić information content (AvgIpc) is 2.38. The van der Waals surface area contributed by atoms with Crippen LogP contribution in [0.5, 0.6) is 0 Å². The number of carbonyl (C=O) groups is 2. The Hall–Kier alpha value is -2.10. The summed E-state index contributed by atoms with van der Waals surface area (Å²) < 4.78 is 4.99. The predicted octanol–water partition coefficient (Wildman–Crippen LogP) is 2.08. The fourth-order valence-electron chi connectivity index (χ4n) is 1.52. The molecule has 1 atom stereocenters. The van der Waals surface area contributed by atoms with Gasteiger partial charge in [0, 0.05) is 12.6 Å². The van der Waals surface area contributed by atoms with Gasteiger partial charge in [-0.3, -0.25) is 4.79 Å². The lowest BCUT2D eigenvalue weighted by atomic mass is 10.1. The Kier molecular flexibility index (Phi) is 5.79. The maximum atomic E-state index is 11.6. The van der Waals surface area contributed by atoms with Gasteiger partial charge >= 0.3 is 5.97 Å². The summed E-state index contributed by atoms with van der Waals surface area (Å²) in [4.78, 5) is 23.0. The molecule has 0 unspecified atom stereocenters. The van der Waals surface area contributed by atoms with Gasteiger partial charge in [0.25, 0.3) is 5.91 Å². The molecule has 1 rings (SSSR count). The third-order valence-electron chi connectivity index (χ3n) is 2.60. The second-order valence-electron chi connectivity index (χ2n) is 4.16. The minimum atomic E-state index is -0.783. The van der Waals surface area contributed by atoms with Gasteiger partial charge in [0.15, 0.2) is 6.10 Å². The Morgan fingerprint density at radius 1 is 1.37 bits per heavy atom. The van der Waals surface area contributed by atoms with E-state index in [1.54, 1.807) is 13.0 Å². The molecule has 0 fully saturated rings. The summed E-state index contributed by atoms with van der Waals surface area (Å²) in [6.45, 7) is 5.83. The zero-order valence-corrected chi connectivity index (χ0v) is 11.5. The van der Waals surface area contributed by atoms with Crippen molar-refractivity contribution in [2.24, 2.45) is 0 Å². The van der Waals surface area contributed by atoms with E-state index < -0.39 is 12.1 Å². The number of amides is 1. The van der Waals surface area contributed by atoms with Crippen LogP contribution in [0.3, 0.4) is 0 Å². The minimum Gasteiger partial charge on any atom is -0.449 e. The second kappa shape index (κ2) is 7.36. The lowest BCUT2D eigenvalue weighted by molar-refractivity contribution is -0.150. The molecule has 19 heavy (non-hydrogen) atoms. The first-order valence-electron chi connectivity index (χ1n) is 6.26. The van der Waals surface area contributed by atoms with Gasteiger partial charge in [-0.15, -0.1) is 0 Å². The van der Waals surface area contributed by atoms with Crippen molar-refractivity contribution in [3.05, 3.63) is 41.5 Å². The monoisotopic (exact) mass is 261 g/mol. The lowest BCUT2D eigenvalue weighted by Crippen LogP contribution is -2.35. The fraction of sp³-hybridized carbons (Fsp3) is 0.333. The van der Waals surface area contributed by atoms with Crippen LogP contribution in [-0.4, -0.2) is 24.5 Å². The molecule has 0 heterocycles. The van der Waals surface area contributed by atoms with Crippen molar-refractivity contribution in [3.63, 3.8) is 0 Å². The fourth-order valence-corrected chi connectivity index (χ4v) is 1.52. The molecule has 0 saturated heterocycles. The van der Waals surface area contributed by atoms with Crippen LogP contribution in [0, 0.1) is 6.92 Å². The van der Waals surface area contributed by atoms with E-state index in [1.165, 1.54) is 6.08 Å². The third kappa shape index (κ3) is 4.95. The first-order chi connectivity index (χ1) is 9.04. The Morgan fingerprint density at radius 2 is 2.05 bits per heavy atom. The van der Waals surface area contributed by atoms with E-state index in [-0.39, 0.29) is 5.91 Å². The molecule has 0 spiro atoms. The molecule has 0 aliphatic rings. The maximum Gasteiger partial charge on any atom is 0.331 e. The standard InChI is InChI=1S/C15H19NO3/c1-4-16-15(18)12(3)19-14(17)10-9-13-8-6-5-7-11(13)2/h5-10,12H,4H2,1-3H3,(H,16,18)/b10-9+/t12-/m0/s1. The third-order valence-corrected chi connectivity index (χ3v) is 2.60. The van der Waals surface area contributed by atoms with Gasteiger partial charge < -0.3 is 10.1 Å². The summed E-state index contributed by atoms with van der Waals surface area (Å²) in [7, 11) is 0. The molecule has 0 aliphatic carbocycles. The highest BCUT2D eigenvalue weighted by Gasteiger charge is 2.14. The molecule has 0 aromatic heterocycles. The van der Waals surface area contributed by atoms with E-state index in [0.29, 0.717) is 6.54 Å². The highest BCUT2D eigenvalue weighted by molar-refractivity contribution is 5.90. The number of benzene rings is 1. The van der Waals surface area contributed by atoms with Crippen molar-refractivity contribution in [1.29, 1.82) is 0 Å². The van der Waals surface area contributed by atoms with E-state index >= 15 is 0 Å². The van der Waals surface area contributed by atoms with Crippen LogP contribution < -0.4 is 5.32 Å². The molecular weight excluding hydrogens is 242 g/mol.